The van der Waals surface area contributed by atoms with E-state index in [1.54, 1.807) is 0 Å². The molecule has 1 N–H and O–H groups in total. The highest BCUT2D eigenvalue weighted by atomic mass is 79.9. The summed E-state index contributed by atoms with van der Waals surface area (Å²) in [6, 6.07) is 3.79. The van der Waals surface area contributed by atoms with Crippen LogP contribution in [0.1, 0.15) is 16.8 Å². The molecule has 1 aromatic rings. The van der Waals surface area contributed by atoms with Gasteiger partial charge in [0.1, 0.15) is 11.6 Å². The van der Waals surface area contributed by atoms with Crippen LogP contribution in [0.3, 0.4) is 0 Å². The molecule has 0 aliphatic rings. The lowest BCUT2D eigenvalue weighted by Crippen LogP contribution is -2.19. The van der Waals surface area contributed by atoms with Crippen LogP contribution in [0.25, 0.3) is 0 Å². The first-order valence-corrected chi connectivity index (χ1v) is 5.61. The van der Waals surface area contributed by atoms with Crippen molar-refractivity contribution in [2.45, 2.75) is 11.2 Å². The van der Waals surface area contributed by atoms with Gasteiger partial charge in [0.15, 0.2) is 5.78 Å². The van der Waals surface area contributed by atoms with Gasteiger partial charge in [0.25, 0.3) is 0 Å². The summed E-state index contributed by atoms with van der Waals surface area (Å²) in [5, 5.41) is 8.54. The second-order valence-corrected chi connectivity index (χ2v) is 4.38. The van der Waals surface area contributed by atoms with E-state index in [1.807, 2.05) is 0 Å². The van der Waals surface area contributed by atoms with E-state index in [4.69, 9.17) is 9.84 Å². The Morgan fingerprint density at radius 2 is 2.18 bits per heavy atom. The van der Waals surface area contributed by atoms with E-state index in [2.05, 4.69) is 15.9 Å². The molecule has 0 spiro atoms. The molecule has 0 fully saturated rings. The largest absolute Gasteiger partial charge is 0.497 e. The topological polar surface area (TPSA) is 63.6 Å². The van der Waals surface area contributed by atoms with E-state index in [1.165, 1.54) is 19.2 Å². The van der Waals surface area contributed by atoms with Crippen molar-refractivity contribution in [2.75, 3.05) is 7.11 Å². The molecule has 1 aromatic carbocycles. The number of ether oxygens (including phenoxy) is 1. The van der Waals surface area contributed by atoms with Crippen LogP contribution in [0.2, 0.25) is 0 Å². The summed E-state index contributed by atoms with van der Waals surface area (Å²) < 4.78 is 18.3. The zero-order valence-electron chi connectivity index (χ0n) is 8.94. The summed E-state index contributed by atoms with van der Waals surface area (Å²) in [5.74, 6) is -2.17. The molecular weight excluding hydrogens is 295 g/mol. The average molecular weight is 305 g/mol. The molecule has 0 heterocycles. The molecule has 0 saturated heterocycles. The van der Waals surface area contributed by atoms with Gasteiger partial charge in [0.2, 0.25) is 0 Å². The van der Waals surface area contributed by atoms with Crippen molar-refractivity contribution in [1.29, 1.82) is 0 Å². The minimum absolute atomic E-state index is 0.158. The minimum atomic E-state index is -1.13. The van der Waals surface area contributed by atoms with Crippen molar-refractivity contribution >= 4 is 27.7 Å². The first-order chi connectivity index (χ1) is 7.95. The lowest BCUT2D eigenvalue weighted by atomic mass is 10.1. The quantitative estimate of drug-likeness (QED) is 0.669. The maximum atomic E-state index is 13.5. The Balaban J connectivity index is 2.92. The van der Waals surface area contributed by atoms with Crippen molar-refractivity contribution in [3.63, 3.8) is 0 Å². The summed E-state index contributed by atoms with van der Waals surface area (Å²) in [4.78, 5) is 21.2. The summed E-state index contributed by atoms with van der Waals surface area (Å²) in [5.41, 5.74) is -0.158. The van der Waals surface area contributed by atoms with E-state index in [9.17, 15) is 14.0 Å². The molecule has 17 heavy (non-hydrogen) atoms. The van der Waals surface area contributed by atoms with Gasteiger partial charge in [-0.3, -0.25) is 9.59 Å². The zero-order chi connectivity index (χ0) is 13.0. The number of carboxylic acids is 1. The van der Waals surface area contributed by atoms with Crippen LogP contribution in [0.5, 0.6) is 5.75 Å². The van der Waals surface area contributed by atoms with E-state index in [-0.39, 0.29) is 5.56 Å². The molecule has 4 nitrogen and oxygen atoms in total. The van der Waals surface area contributed by atoms with Crippen molar-refractivity contribution in [3.8, 4) is 5.75 Å². The Bertz CT molecular complexity index is 447. The Labute approximate surface area is 106 Å². The molecule has 1 rings (SSSR count). The molecule has 0 aliphatic carbocycles. The molecule has 0 aromatic heterocycles. The molecule has 0 amide bonds. The smallest absolute Gasteiger partial charge is 0.304 e. The number of benzene rings is 1. The molecule has 1 atom stereocenters. The van der Waals surface area contributed by atoms with Gasteiger partial charge < -0.3 is 9.84 Å². The third kappa shape index (κ3) is 3.52. The van der Waals surface area contributed by atoms with Crippen LogP contribution in [-0.4, -0.2) is 28.8 Å². The standard InChI is InChI=1S/C11H10BrFO4/c1-17-6-2-3-7(9(13)4-6)11(16)8(12)5-10(14)15/h2-4,8H,5H2,1H3,(H,14,15). The maximum absolute atomic E-state index is 13.5. The van der Waals surface area contributed by atoms with Crippen molar-refractivity contribution in [2.24, 2.45) is 0 Å². The van der Waals surface area contributed by atoms with E-state index in [0.717, 1.165) is 6.07 Å². The van der Waals surface area contributed by atoms with Gasteiger partial charge in [0, 0.05) is 6.07 Å². The van der Waals surface area contributed by atoms with Crippen LogP contribution in [0, 0.1) is 5.82 Å². The van der Waals surface area contributed by atoms with Gasteiger partial charge >= 0.3 is 5.97 Å². The Kier molecular flexibility index (Phi) is 4.62. The first-order valence-electron chi connectivity index (χ1n) is 4.69. The molecule has 0 bridgehead atoms. The Hall–Kier alpha value is -1.43. The second kappa shape index (κ2) is 5.77. The fraction of sp³-hybridized carbons (Fsp3) is 0.273. The van der Waals surface area contributed by atoms with Crippen LogP contribution in [0.4, 0.5) is 4.39 Å². The highest BCUT2D eigenvalue weighted by Gasteiger charge is 2.22. The molecule has 92 valence electrons. The lowest BCUT2D eigenvalue weighted by Gasteiger charge is -2.08. The van der Waals surface area contributed by atoms with Crippen molar-refractivity contribution in [3.05, 3.63) is 29.6 Å². The van der Waals surface area contributed by atoms with Gasteiger partial charge in [-0.25, -0.2) is 4.39 Å². The number of Topliss-reactive ketones (excluding diaryl/α,β-unsaturated/α-hetero) is 1. The number of hydrogen-bond acceptors (Lipinski definition) is 3. The number of carbonyl (C=O) groups excluding carboxylic acids is 1. The predicted octanol–water partition coefficient (Wildman–Crippen LogP) is 2.26. The van der Waals surface area contributed by atoms with Gasteiger partial charge in [-0.1, -0.05) is 15.9 Å². The van der Waals surface area contributed by atoms with Crippen molar-refractivity contribution in [1.82, 2.24) is 0 Å². The number of rotatable bonds is 5. The van der Waals surface area contributed by atoms with Gasteiger partial charge in [-0.2, -0.15) is 0 Å². The summed E-state index contributed by atoms with van der Waals surface area (Å²) >= 11 is 2.92. The van der Waals surface area contributed by atoms with Gasteiger partial charge in [-0.05, 0) is 12.1 Å². The molecular formula is C11H10BrFO4. The number of ketones is 1. The number of alkyl halides is 1. The number of aliphatic carboxylic acids is 1. The number of hydrogen-bond donors (Lipinski definition) is 1. The van der Waals surface area contributed by atoms with E-state index < -0.39 is 28.8 Å². The van der Waals surface area contributed by atoms with Crippen LogP contribution < -0.4 is 4.74 Å². The number of halogens is 2. The second-order valence-electron chi connectivity index (χ2n) is 3.28. The SMILES string of the molecule is COc1ccc(C(=O)C(Br)CC(=O)O)c(F)c1. The molecule has 6 heteroatoms. The molecule has 0 saturated carbocycles. The fourth-order valence-corrected chi connectivity index (χ4v) is 1.76. The van der Waals surface area contributed by atoms with Crippen LogP contribution in [0.15, 0.2) is 18.2 Å². The monoisotopic (exact) mass is 304 g/mol. The Morgan fingerprint density at radius 1 is 1.53 bits per heavy atom. The highest BCUT2D eigenvalue weighted by molar-refractivity contribution is 9.10. The molecule has 0 radical (unpaired) electrons. The van der Waals surface area contributed by atoms with Crippen LogP contribution >= 0.6 is 15.9 Å². The average Bonchev–Trinajstić information content (AvgIpc) is 2.27. The number of carboxylic acid groups (broad SMARTS) is 1. The first kappa shape index (κ1) is 13.6. The summed E-state index contributed by atoms with van der Waals surface area (Å²) in [6.07, 6.45) is -0.399. The molecule has 0 aliphatic heterocycles. The molecule has 1 unspecified atom stereocenters. The van der Waals surface area contributed by atoms with Gasteiger partial charge in [0.05, 0.1) is 23.9 Å². The summed E-state index contributed by atoms with van der Waals surface area (Å²) in [7, 11) is 1.38. The maximum Gasteiger partial charge on any atom is 0.304 e. The van der Waals surface area contributed by atoms with E-state index >= 15 is 0 Å². The lowest BCUT2D eigenvalue weighted by molar-refractivity contribution is -0.136. The zero-order valence-corrected chi connectivity index (χ0v) is 10.5. The van der Waals surface area contributed by atoms with Crippen LogP contribution in [-0.2, 0) is 4.79 Å². The normalized spacial score (nSPS) is 11.9. The Morgan fingerprint density at radius 3 is 2.65 bits per heavy atom. The highest BCUT2D eigenvalue weighted by Crippen LogP contribution is 2.20. The minimum Gasteiger partial charge on any atom is -0.497 e. The third-order valence-corrected chi connectivity index (χ3v) is 2.82. The fourth-order valence-electron chi connectivity index (χ4n) is 1.24. The summed E-state index contributed by atoms with van der Waals surface area (Å²) in [6.45, 7) is 0. The predicted molar refractivity (Wildman–Crippen MR) is 62.3 cm³/mol. The number of carbonyl (C=O) groups is 2. The van der Waals surface area contributed by atoms with Gasteiger partial charge in [-0.15, -0.1) is 0 Å². The number of methoxy groups -OCH3 is 1. The van der Waals surface area contributed by atoms with E-state index in [0.29, 0.717) is 5.75 Å². The third-order valence-electron chi connectivity index (χ3n) is 2.08. The van der Waals surface area contributed by atoms with Crippen molar-refractivity contribution < 1.29 is 23.8 Å².